The van der Waals surface area contributed by atoms with Crippen molar-refractivity contribution >= 4 is 11.8 Å². The van der Waals surface area contributed by atoms with Gasteiger partial charge < -0.3 is 4.57 Å². The SMILES string of the molecule is CSCCn1ccc(C)cc1=O. The molecule has 1 aromatic rings. The van der Waals surface area contributed by atoms with Crippen molar-refractivity contribution in [3.63, 3.8) is 0 Å². The molecule has 12 heavy (non-hydrogen) atoms. The minimum absolute atomic E-state index is 0.101. The van der Waals surface area contributed by atoms with Crippen LogP contribution in [-0.2, 0) is 6.54 Å². The topological polar surface area (TPSA) is 22.0 Å². The Balaban J connectivity index is 2.80. The van der Waals surface area contributed by atoms with Gasteiger partial charge in [-0.05, 0) is 24.8 Å². The van der Waals surface area contributed by atoms with E-state index in [9.17, 15) is 4.79 Å². The van der Waals surface area contributed by atoms with Gasteiger partial charge in [-0.1, -0.05) is 0 Å². The lowest BCUT2D eigenvalue weighted by atomic mass is 10.3. The first-order valence-corrected chi connectivity index (χ1v) is 5.29. The number of rotatable bonds is 3. The van der Waals surface area contributed by atoms with E-state index in [1.54, 1.807) is 22.4 Å². The Morgan fingerprint density at radius 2 is 2.33 bits per heavy atom. The summed E-state index contributed by atoms with van der Waals surface area (Å²) < 4.78 is 1.74. The molecule has 0 aliphatic heterocycles. The molecular formula is C9H13NOS. The van der Waals surface area contributed by atoms with Gasteiger partial charge >= 0.3 is 0 Å². The number of hydrogen-bond donors (Lipinski definition) is 0. The van der Waals surface area contributed by atoms with Crippen molar-refractivity contribution in [2.24, 2.45) is 0 Å². The highest BCUT2D eigenvalue weighted by atomic mass is 32.2. The summed E-state index contributed by atoms with van der Waals surface area (Å²) in [5, 5.41) is 0. The molecule has 3 heteroatoms. The Morgan fingerprint density at radius 1 is 1.58 bits per heavy atom. The van der Waals surface area contributed by atoms with E-state index >= 15 is 0 Å². The summed E-state index contributed by atoms with van der Waals surface area (Å²) in [7, 11) is 0. The number of aromatic nitrogens is 1. The van der Waals surface area contributed by atoms with Gasteiger partial charge in [-0.2, -0.15) is 11.8 Å². The zero-order valence-corrected chi connectivity index (χ0v) is 8.23. The summed E-state index contributed by atoms with van der Waals surface area (Å²) in [5.74, 6) is 0.989. The summed E-state index contributed by atoms with van der Waals surface area (Å²) in [6.07, 6.45) is 3.90. The monoisotopic (exact) mass is 183 g/mol. The van der Waals surface area contributed by atoms with E-state index in [1.807, 2.05) is 25.4 Å². The molecule has 66 valence electrons. The maximum Gasteiger partial charge on any atom is 0.250 e. The van der Waals surface area contributed by atoms with Gasteiger partial charge in [0, 0.05) is 24.6 Å². The van der Waals surface area contributed by atoms with Crippen LogP contribution in [0.2, 0.25) is 0 Å². The summed E-state index contributed by atoms with van der Waals surface area (Å²) >= 11 is 1.75. The highest BCUT2D eigenvalue weighted by Crippen LogP contribution is 1.95. The lowest BCUT2D eigenvalue weighted by Gasteiger charge is -2.03. The third-order valence-electron chi connectivity index (χ3n) is 1.69. The molecule has 0 aromatic carbocycles. The van der Waals surface area contributed by atoms with Crippen LogP contribution in [0.15, 0.2) is 23.1 Å². The van der Waals surface area contributed by atoms with E-state index in [1.165, 1.54) is 0 Å². The van der Waals surface area contributed by atoms with Crippen molar-refractivity contribution in [2.45, 2.75) is 13.5 Å². The highest BCUT2D eigenvalue weighted by Gasteiger charge is 1.93. The maximum absolute atomic E-state index is 11.3. The fourth-order valence-electron chi connectivity index (χ4n) is 0.981. The van der Waals surface area contributed by atoms with E-state index in [0.717, 1.165) is 17.9 Å². The fourth-order valence-corrected chi connectivity index (χ4v) is 1.36. The standard InChI is InChI=1S/C9H13NOS/c1-8-3-4-10(5-6-12-2)9(11)7-8/h3-4,7H,5-6H2,1-2H3. The summed E-state index contributed by atoms with van der Waals surface area (Å²) in [5.41, 5.74) is 1.13. The zero-order valence-electron chi connectivity index (χ0n) is 7.41. The molecule has 0 spiro atoms. The Morgan fingerprint density at radius 3 is 2.92 bits per heavy atom. The molecule has 0 amide bonds. The molecule has 0 saturated carbocycles. The fraction of sp³-hybridized carbons (Fsp3) is 0.444. The van der Waals surface area contributed by atoms with Crippen LogP contribution in [-0.4, -0.2) is 16.6 Å². The molecule has 0 fully saturated rings. The second-order valence-electron chi connectivity index (χ2n) is 2.73. The molecule has 0 aliphatic carbocycles. The molecule has 0 atom stereocenters. The molecule has 0 aliphatic rings. The highest BCUT2D eigenvalue weighted by molar-refractivity contribution is 7.98. The first-order chi connectivity index (χ1) is 5.74. The number of aryl methyl sites for hydroxylation is 2. The van der Waals surface area contributed by atoms with Gasteiger partial charge in [0.2, 0.25) is 0 Å². The molecule has 1 heterocycles. The van der Waals surface area contributed by atoms with Crippen LogP contribution in [0.1, 0.15) is 5.56 Å². The van der Waals surface area contributed by atoms with Crippen LogP contribution in [0.5, 0.6) is 0 Å². The van der Waals surface area contributed by atoms with Gasteiger partial charge in [0.1, 0.15) is 0 Å². The third kappa shape index (κ3) is 2.41. The predicted molar refractivity (Wildman–Crippen MR) is 53.8 cm³/mol. The van der Waals surface area contributed by atoms with Crippen LogP contribution in [0.4, 0.5) is 0 Å². The first-order valence-electron chi connectivity index (χ1n) is 3.90. The van der Waals surface area contributed by atoms with E-state index in [-0.39, 0.29) is 5.56 Å². The van der Waals surface area contributed by atoms with Crippen molar-refractivity contribution in [2.75, 3.05) is 12.0 Å². The Bertz CT molecular complexity index is 306. The number of hydrogen-bond acceptors (Lipinski definition) is 2. The smallest absolute Gasteiger partial charge is 0.250 e. The zero-order chi connectivity index (χ0) is 8.97. The van der Waals surface area contributed by atoms with Gasteiger partial charge in [-0.3, -0.25) is 4.79 Å². The molecule has 0 radical (unpaired) electrons. The maximum atomic E-state index is 11.3. The second-order valence-corrected chi connectivity index (χ2v) is 3.71. The van der Waals surface area contributed by atoms with E-state index in [0.29, 0.717) is 0 Å². The summed E-state index contributed by atoms with van der Waals surface area (Å²) in [6, 6.07) is 3.63. The van der Waals surface area contributed by atoms with Crippen molar-refractivity contribution in [1.29, 1.82) is 0 Å². The molecular weight excluding hydrogens is 170 g/mol. The lowest BCUT2D eigenvalue weighted by molar-refractivity contribution is 0.733. The van der Waals surface area contributed by atoms with Crippen LogP contribution in [0.3, 0.4) is 0 Å². The van der Waals surface area contributed by atoms with Crippen LogP contribution < -0.4 is 5.56 Å². The van der Waals surface area contributed by atoms with Gasteiger partial charge in [0.15, 0.2) is 0 Å². The number of nitrogens with zero attached hydrogens (tertiary/aromatic N) is 1. The van der Waals surface area contributed by atoms with E-state index in [2.05, 4.69) is 0 Å². The van der Waals surface area contributed by atoms with E-state index in [4.69, 9.17) is 0 Å². The third-order valence-corrected chi connectivity index (χ3v) is 2.28. The molecule has 0 bridgehead atoms. The van der Waals surface area contributed by atoms with Gasteiger partial charge in [-0.25, -0.2) is 0 Å². The van der Waals surface area contributed by atoms with Gasteiger partial charge in [0.05, 0.1) is 0 Å². The molecule has 1 rings (SSSR count). The average molecular weight is 183 g/mol. The first kappa shape index (κ1) is 9.39. The Kier molecular flexibility index (Phi) is 3.41. The van der Waals surface area contributed by atoms with Gasteiger partial charge in [-0.15, -0.1) is 0 Å². The molecule has 1 aromatic heterocycles. The molecule has 2 nitrogen and oxygen atoms in total. The van der Waals surface area contributed by atoms with Crippen LogP contribution in [0.25, 0.3) is 0 Å². The quantitative estimate of drug-likeness (QED) is 0.708. The Labute approximate surface area is 76.6 Å². The Hall–Kier alpha value is -0.700. The molecule has 0 unspecified atom stereocenters. The average Bonchev–Trinajstić information content (AvgIpc) is 2.03. The molecule has 0 saturated heterocycles. The minimum Gasteiger partial charge on any atom is -0.315 e. The van der Waals surface area contributed by atoms with Crippen molar-refractivity contribution < 1.29 is 0 Å². The normalized spacial score (nSPS) is 10.2. The lowest BCUT2D eigenvalue weighted by Crippen LogP contribution is -2.19. The minimum atomic E-state index is 0.101. The van der Waals surface area contributed by atoms with E-state index < -0.39 is 0 Å². The second kappa shape index (κ2) is 4.36. The summed E-state index contributed by atoms with van der Waals surface area (Å²) in [4.78, 5) is 11.3. The van der Waals surface area contributed by atoms with Crippen LogP contribution >= 0.6 is 11.8 Å². The van der Waals surface area contributed by atoms with Crippen molar-refractivity contribution in [1.82, 2.24) is 4.57 Å². The number of pyridine rings is 1. The van der Waals surface area contributed by atoms with Crippen LogP contribution in [0, 0.1) is 6.92 Å². The van der Waals surface area contributed by atoms with Gasteiger partial charge in [0.25, 0.3) is 5.56 Å². The largest absolute Gasteiger partial charge is 0.315 e. The van der Waals surface area contributed by atoms with Crippen molar-refractivity contribution in [3.05, 3.63) is 34.2 Å². The number of thioether (sulfide) groups is 1. The molecule has 0 N–H and O–H groups in total. The summed E-state index contributed by atoms with van der Waals surface area (Å²) in [6.45, 7) is 2.74. The van der Waals surface area contributed by atoms with Crippen molar-refractivity contribution in [3.8, 4) is 0 Å². The predicted octanol–water partition coefficient (Wildman–Crippen LogP) is 1.52.